The zero-order valence-corrected chi connectivity index (χ0v) is 24.7. The van der Waals surface area contributed by atoms with E-state index < -0.39 is 23.7 Å². The van der Waals surface area contributed by atoms with Crippen LogP contribution < -0.4 is 4.90 Å². The number of anilines is 1. The molecule has 1 fully saturated rings. The van der Waals surface area contributed by atoms with Crippen LogP contribution in [0.3, 0.4) is 0 Å². The summed E-state index contributed by atoms with van der Waals surface area (Å²) < 4.78 is 6.05. The minimum Gasteiger partial charge on any atom is -0.508 e. The molecule has 3 aromatic carbocycles. The quantitative estimate of drug-likeness (QED) is 0.161. The molecule has 216 valence electrons. The van der Waals surface area contributed by atoms with Gasteiger partial charge in [0.25, 0.3) is 0 Å². The monoisotopic (exact) mass is 646 g/mol. The molecule has 1 aromatic heterocycles. The van der Waals surface area contributed by atoms with Crippen LogP contribution in [0.25, 0.3) is 22.6 Å². The largest absolute Gasteiger partial charge is 0.508 e. The Morgan fingerprint density at radius 1 is 0.909 bits per heavy atom. The minimum absolute atomic E-state index is 0.0342. The van der Waals surface area contributed by atoms with Crippen molar-refractivity contribution in [1.29, 1.82) is 0 Å². The molecule has 8 rings (SSSR count). The van der Waals surface area contributed by atoms with Gasteiger partial charge in [-0.15, -0.1) is 0 Å². The zero-order chi connectivity index (χ0) is 30.3. The zero-order valence-electron chi connectivity index (χ0n) is 23.1. The molecule has 1 aliphatic heterocycles. The van der Waals surface area contributed by atoms with Crippen molar-refractivity contribution in [1.82, 2.24) is 4.98 Å². The fraction of sp³-hybridized carbons (Fsp3) is 0.171. The Kier molecular flexibility index (Phi) is 5.96. The summed E-state index contributed by atoms with van der Waals surface area (Å²) in [5.74, 6) is -3.08. The third-order valence-electron chi connectivity index (χ3n) is 9.20. The molecule has 1 N–H and O–H groups in total. The molecule has 2 heterocycles. The third-order valence-corrected chi connectivity index (χ3v) is 9.79. The van der Waals surface area contributed by atoms with Gasteiger partial charge < -0.3 is 9.52 Å². The molecule has 0 saturated carbocycles. The number of carbonyl (C=O) groups excluding carboxylic acids is 4. The topological polar surface area (TPSA) is 118 Å². The lowest BCUT2D eigenvalue weighted by Gasteiger charge is -2.42. The van der Waals surface area contributed by atoms with Crippen LogP contribution in [0.1, 0.15) is 24.3 Å². The highest BCUT2D eigenvalue weighted by Crippen LogP contribution is 2.55. The van der Waals surface area contributed by atoms with Gasteiger partial charge in [0.05, 0.1) is 22.0 Å². The number of benzene rings is 3. The second-order valence-electron chi connectivity index (χ2n) is 11.5. The van der Waals surface area contributed by atoms with Crippen molar-refractivity contribution >= 4 is 56.1 Å². The maximum absolute atomic E-state index is 14.2. The number of imide groups is 1. The molecule has 4 aromatic rings. The molecule has 0 spiro atoms. The van der Waals surface area contributed by atoms with Gasteiger partial charge in [0.2, 0.25) is 17.7 Å². The number of aromatic hydroxyl groups is 1. The van der Waals surface area contributed by atoms with E-state index in [1.165, 1.54) is 11.0 Å². The van der Waals surface area contributed by atoms with Crippen molar-refractivity contribution in [3.8, 4) is 17.2 Å². The first-order valence-corrected chi connectivity index (χ1v) is 15.1. The van der Waals surface area contributed by atoms with Crippen LogP contribution in [0.2, 0.25) is 0 Å². The van der Waals surface area contributed by atoms with Crippen molar-refractivity contribution in [3.63, 3.8) is 0 Å². The van der Waals surface area contributed by atoms with Crippen LogP contribution in [0.15, 0.2) is 111 Å². The van der Waals surface area contributed by atoms with E-state index in [0.717, 1.165) is 11.1 Å². The Balaban J connectivity index is 1.16. The van der Waals surface area contributed by atoms with Gasteiger partial charge in [-0.2, -0.15) is 0 Å². The molecule has 1 saturated heterocycles. The Hall–Kier alpha value is -4.89. The van der Waals surface area contributed by atoms with Gasteiger partial charge in [0.1, 0.15) is 11.3 Å². The summed E-state index contributed by atoms with van der Waals surface area (Å²) in [4.78, 5) is 60.5. The Morgan fingerprint density at radius 2 is 1.70 bits per heavy atom. The molecule has 44 heavy (non-hydrogen) atoms. The van der Waals surface area contributed by atoms with Gasteiger partial charge in [-0.1, -0.05) is 35.9 Å². The number of oxazole rings is 1. The summed E-state index contributed by atoms with van der Waals surface area (Å²) in [7, 11) is 0. The van der Waals surface area contributed by atoms with Crippen LogP contribution in [0, 0.1) is 17.8 Å². The molecular weight excluding hydrogens is 624 g/mol. The number of rotatable bonds is 3. The number of aromatic nitrogens is 1. The highest BCUT2D eigenvalue weighted by molar-refractivity contribution is 9.12. The third kappa shape index (κ3) is 3.92. The van der Waals surface area contributed by atoms with E-state index in [1.807, 2.05) is 36.4 Å². The van der Waals surface area contributed by atoms with Gasteiger partial charge in [-0.3, -0.25) is 24.1 Å². The molecule has 4 unspecified atom stereocenters. The van der Waals surface area contributed by atoms with Crippen molar-refractivity contribution in [2.45, 2.75) is 18.8 Å². The van der Waals surface area contributed by atoms with E-state index in [9.17, 15) is 24.3 Å². The van der Waals surface area contributed by atoms with Crippen molar-refractivity contribution in [2.75, 3.05) is 4.90 Å². The molecule has 8 nitrogen and oxygen atoms in total. The number of hydrogen-bond donors (Lipinski definition) is 1. The first-order chi connectivity index (χ1) is 21.3. The summed E-state index contributed by atoms with van der Waals surface area (Å²) >= 11 is 3.24. The van der Waals surface area contributed by atoms with Crippen molar-refractivity contribution in [2.24, 2.45) is 17.8 Å². The van der Waals surface area contributed by atoms with E-state index in [0.29, 0.717) is 45.9 Å². The second kappa shape index (κ2) is 9.82. The number of hydrogen-bond acceptors (Lipinski definition) is 7. The predicted molar refractivity (Wildman–Crippen MR) is 165 cm³/mol. The van der Waals surface area contributed by atoms with Crippen LogP contribution in [-0.2, 0) is 19.2 Å². The number of carbonyl (C=O) groups is 4. The van der Waals surface area contributed by atoms with E-state index >= 15 is 0 Å². The fourth-order valence-corrected chi connectivity index (χ4v) is 7.74. The number of nitrogens with zero attached hydrogens (tertiary/aromatic N) is 2. The average molecular weight is 647 g/mol. The number of fused-ring (bicyclic) bond motifs is 4. The van der Waals surface area contributed by atoms with Gasteiger partial charge >= 0.3 is 0 Å². The molecular formula is C35H23BrN2O6. The van der Waals surface area contributed by atoms with Crippen LogP contribution in [-0.4, -0.2) is 33.5 Å². The predicted octanol–water partition coefficient (Wildman–Crippen LogP) is 6.17. The van der Waals surface area contributed by atoms with Crippen LogP contribution in [0.4, 0.5) is 5.69 Å². The number of phenols is 1. The summed E-state index contributed by atoms with van der Waals surface area (Å²) in [6.45, 7) is 0. The van der Waals surface area contributed by atoms with Gasteiger partial charge in [0, 0.05) is 28.7 Å². The Labute approximate surface area is 259 Å². The molecule has 4 atom stereocenters. The average Bonchev–Trinajstić information content (AvgIpc) is 3.57. The standard InChI is InChI=1S/C35H23BrN2O6/c36-25-16-27(40)31-24(32(25)41)15-23-21(29(31)18-4-3-5-20(39)14-18)12-13-22-30(23)35(43)38(34(22)42)19-10-8-17(9-11-19)33-37-26-6-1-2-7-28(26)44-33/h1-12,14,16,22-23,29-30,39H,13,15H2. The smallest absolute Gasteiger partial charge is 0.238 e. The summed E-state index contributed by atoms with van der Waals surface area (Å²) in [6.07, 6.45) is 3.76. The normalized spacial score (nSPS) is 24.7. The molecule has 2 amide bonds. The van der Waals surface area contributed by atoms with Gasteiger partial charge in [-0.05, 0) is 88.8 Å². The summed E-state index contributed by atoms with van der Waals surface area (Å²) in [6, 6.07) is 21.1. The number of ketones is 2. The van der Waals surface area contributed by atoms with Crippen molar-refractivity contribution in [3.05, 3.63) is 112 Å². The SMILES string of the molecule is O=C1C=C(Br)C(=O)C2=C1C(c1cccc(O)c1)C1=CCC3C(=O)N(c4ccc(-c5nc6ccccc6o5)cc4)C(=O)C3C1C2. The highest BCUT2D eigenvalue weighted by atomic mass is 79.9. The second-order valence-corrected chi connectivity index (χ2v) is 12.4. The van der Waals surface area contributed by atoms with Gasteiger partial charge in [0.15, 0.2) is 17.1 Å². The molecule has 3 aliphatic carbocycles. The Bertz CT molecular complexity index is 2020. The Morgan fingerprint density at radius 3 is 2.48 bits per heavy atom. The number of para-hydroxylation sites is 2. The lowest BCUT2D eigenvalue weighted by atomic mass is 9.59. The minimum atomic E-state index is -0.694. The number of halogens is 1. The maximum atomic E-state index is 14.2. The molecule has 9 heteroatoms. The van der Waals surface area contributed by atoms with E-state index in [2.05, 4.69) is 20.9 Å². The lowest BCUT2D eigenvalue weighted by Crippen LogP contribution is -2.39. The van der Waals surface area contributed by atoms with Gasteiger partial charge in [-0.25, -0.2) is 4.98 Å². The van der Waals surface area contributed by atoms with Crippen LogP contribution in [0.5, 0.6) is 5.75 Å². The fourth-order valence-electron chi connectivity index (χ4n) is 7.29. The van der Waals surface area contributed by atoms with Crippen molar-refractivity contribution < 1.29 is 28.7 Å². The summed E-state index contributed by atoms with van der Waals surface area (Å²) in [5, 5.41) is 10.3. The number of Topliss-reactive ketones (excluding diaryl/α,β-unsaturated/α-hetero) is 1. The number of amides is 2. The number of phenolic OH excluding ortho intramolecular Hbond substituents is 1. The maximum Gasteiger partial charge on any atom is 0.238 e. The lowest BCUT2D eigenvalue weighted by molar-refractivity contribution is -0.123. The molecule has 0 bridgehead atoms. The van der Waals surface area contributed by atoms with E-state index in [1.54, 1.807) is 42.5 Å². The number of allylic oxidation sites excluding steroid dienone is 6. The van der Waals surface area contributed by atoms with Crippen LogP contribution >= 0.6 is 15.9 Å². The van der Waals surface area contributed by atoms with E-state index in [4.69, 9.17) is 4.42 Å². The molecule has 0 radical (unpaired) electrons. The van der Waals surface area contributed by atoms with E-state index in [-0.39, 0.29) is 40.0 Å². The summed E-state index contributed by atoms with van der Waals surface area (Å²) in [5.41, 5.74) is 4.77. The highest BCUT2D eigenvalue weighted by Gasteiger charge is 2.56. The first kappa shape index (κ1) is 26.7. The first-order valence-electron chi connectivity index (χ1n) is 14.3. The molecule has 4 aliphatic rings.